The van der Waals surface area contributed by atoms with Gasteiger partial charge < -0.3 is 14.9 Å². The summed E-state index contributed by atoms with van der Waals surface area (Å²) in [6, 6.07) is -0.358. The van der Waals surface area contributed by atoms with Crippen molar-refractivity contribution in [2.24, 2.45) is 0 Å². The van der Waals surface area contributed by atoms with Gasteiger partial charge in [0.2, 0.25) is 5.91 Å². The van der Waals surface area contributed by atoms with E-state index in [0.717, 1.165) is 11.3 Å². The van der Waals surface area contributed by atoms with E-state index in [1.54, 1.807) is 6.92 Å². The maximum absolute atomic E-state index is 11.5. The number of amides is 1. The predicted molar refractivity (Wildman–Crippen MR) is 59.4 cm³/mol. The molecule has 1 unspecified atom stereocenters. The molecule has 0 aliphatic heterocycles. The van der Waals surface area contributed by atoms with Crippen LogP contribution < -0.4 is 5.32 Å². The van der Waals surface area contributed by atoms with Gasteiger partial charge >= 0.3 is 5.97 Å². The van der Waals surface area contributed by atoms with E-state index in [2.05, 4.69) is 10.5 Å². The number of carboxylic acids is 1. The number of nitrogens with zero attached hydrogens (tertiary/aromatic N) is 1. The number of aliphatic carboxylic acids is 1. The molecular formula is C11H16N2O4. The Kier molecular flexibility index (Phi) is 4.68. The molecule has 0 spiro atoms. The number of aromatic nitrogens is 1. The molecule has 0 saturated carbocycles. The van der Waals surface area contributed by atoms with Crippen molar-refractivity contribution < 1.29 is 19.2 Å². The molecule has 1 aromatic rings. The molecule has 17 heavy (non-hydrogen) atoms. The van der Waals surface area contributed by atoms with Crippen LogP contribution in [-0.2, 0) is 16.0 Å². The Hall–Kier alpha value is -1.85. The zero-order valence-corrected chi connectivity index (χ0v) is 9.90. The third-order valence-electron chi connectivity index (χ3n) is 2.36. The zero-order chi connectivity index (χ0) is 12.8. The summed E-state index contributed by atoms with van der Waals surface area (Å²) < 4.78 is 4.75. The molecule has 1 rings (SSSR count). The first-order valence-electron chi connectivity index (χ1n) is 5.40. The monoisotopic (exact) mass is 240 g/mol. The van der Waals surface area contributed by atoms with Crippen LogP contribution in [0.2, 0.25) is 0 Å². The van der Waals surface area contributed by atoms with Crippen LogP contribution in [0.1, 0.15) is 31.0 Å². The molecular weight excluding hydrogens is 224 g/mol. The fourth-order valence-corrected chi connectivity index (χ4v) is 1.46. The molecule has 1 aromatic heterocycles. The lowest BCUT2D eigenvalue weighted by Gasteiger charge is -2.10. The summed E-state index contributed by atoms with van der Waals surface area (Å²) in [7, 11) is 0. The molecule has 2 N–H and O–H groups in total. The van der Waals surface area contributed by atoms with E-state index in [-0.39, 0.29) is 18.4 Å². The van der Waals surface area contributed by atoms with Gasteiger partial charge in [0.25, 0.3) is 0 Å². The fourth-order valence-electron chi connectivity index (χ4n) is 1.46. The van der Waals surface area contributed by atoms with Crippen LogP contribution in [-0.4, -0.2) is 28.2 Å². The summed E-state index contributed by atoms with van der Waals surface area (Å²) in [6.45, 7) is 3.47. The number of nitrogens with one attached hydrogen (secondary N) is 1. The molecule has 0 saturated heterocycles. The summed E-state index contributed by atoms with van der Waals surface area (Å²) in [4.78, 5) is 21.9. The standard InChI is InChI=1S/C11H16N2O4/c1-7(5-11(15)16)12-10(14)4-3-9-6-17-13-8(9)2/h6-7H,3-5H2,1-2H3,(H,12,14)(H,15,16). The Labute approximate surface area is 99.0 Å². The molecule has 0 bridgehead atoms. The number of carboxylic acid groups (broad SMARTS) is 1. The minimum absolute atomic E-state index is 0.0714. The molecule has 1 amide bonds. The van der Waals surface area contributed by atoms with Crippen molar-refractivity contribution in [3.63, 3.8) is 0 Å². The second-order valence-electron chi connectivity index (χ2n) is 3.99. The van der Waals surface area contributed by atoms with Crippen LogP contribution in [0.25, 0.3) is 0 Å². The molecule has 1 atom stereocenters. The van der Waals surface area contributed by atoms with Crippen molar-refractivity contribution in [1.29, 1.82) is 0 Å². The highest BCUT2D eigenvalue weighted by atomic mass is 16.5. The van der Waals surface area contributed by atoms with E-state index in [0.29, 0.717) is 12.8 Å². The highest BCUT2D eigenvalue weighted by Crippen LogP contribution is 2.07. The van der Waals surface area contributed by atoms with Crippen molar-refractivity contribution in [1.82, 2.24) is 10.5 Å². The first kappa shape index (κ1) is 13.2. The molecule has 1 heterocycles. The van der Waals surface area contributed by atoms with Crippen LogP contribution >= 0.6 is 0 Å². The Morgan fingerprint density at radius 3 is 2.82 bits per heavy atom. The predicted octanol–water partition coefficient (Wildman–Crippen LogP) is 0.895. The van der Waals surface area contributed by atoms with E-state index >= 15 is 0 Å². The second kappa shape index (κ2) is 6.03. The van der Waals surface area contributed by atoms with Crippen LogP contribution in [0, 0.1) is 6.92 Å². The summed E-state index contributed by atoms with van der Waals surface area (Å²) in [6.07, 6.45) is 2.29. The molecule has 0 aliphatic carbocycles. The van der Waals surface area contributed by atoms with Gasteiger partial charge in [-0.1, -0.05) is 5.16 Å². The van der Waals surface area contributed by atoms with E-state index < -0.39 is 5.97 Å². The first-order chi connectivity index (χ1) is 7.99. The van der Waals surface area contributed by atoms with E-state index in [4.69, 9.17) is 9.63 Å². The second-order valence-corrected chi connectivity index (χ2v) is 3.99. The number of rotatable bonds is 6. The third-order valence-corrected chi connectivity index (χ3v) is 2.36. The number of carbonyl (C=O) groups is 2. The average molecular weight is 240 g/mol. The van der Waals surface area contributed by atoms with Crippen molar-refractivity contribution in [2.45, 2.75) is 39.2 Å². The SMILES string of the molecule is Cc1nocc1CCC(=O)NC(C)CC(=O)O. The van der Waals surface area contributed by atoms with Crippen LogP contribution in [0.4, 0.5) is 0 Å². The number of aryl methyl sites for hydroxylation is 2. The van der Waals surface area contributed by atoms with Gasteiger partial charge in [0, 0.05) is 18.0 Å². The molecule has 0 aliphatic rings. The van der Waals surface area contributed by atoms with Gasteiger partial charge in [0.05, 0.1) is 12.1 Å². The first-order valence-corrected chi connectivity index (χ1v) is 5.40. The molecule has 6 heteroatoms. The quantitative estimate of drug-likeness (QED) is 0.770. The number of hydrogen-bond donors (Lipinski definition) is 2. The van der Waals surface area contributed by atoms with E-state index in [1.807, 2.05) is 6.92 Å². The maximum atomic E-state index is 11.5. The van der Waals surface area contributed by atoms with Crippen LogP contribution in [0.15, 0.2) is 10.8 Å². The summed E-state index contributed by atoms with van der Waals surface area (Å²) in [5, 5.41) is 14.9. The van der Waals surface area contributed by atoms with Gasteiger partial charge in [-0.25, -0.2) is 0 Å². The Morgan fingerprint density at radius 1 is 1.59 bits per heavy atom. The van der Waals surface area contributed by atoms with Gasteiger partial charge in [0.1, 0.15) is 6.26 Å². The van der Waals surface area contributed by atoms with Gasteiger partial charge in [-0.2, -0.15) is 0 Å². The molecule has 0 fully saturated rings. The summed E-state index contributed by atoms with van der Waals surface area (Å²) in [5.74, 6) is -1.09. The molecule has 0 radical (unpaired) electrons. The molecule has 6 nitrogen and oxygen atoms in total. The van der Waals surface area contributed by atoms with Crippen molar-refractivity contribution >= 4 is 11.9 Å². The normalized spacial score (nSPS) is 12.1. The lowest BCUT2D eigenvalue weighted by atomic mass is 10.1. The topological polar surface area (TPSA) is 92.4 Å². The largest absolute Gasteiger partial charge is 0.481 e. The fraction of sp³-hybridized carbons (Fsp3) is 0.545. The van der Waals surface area contributed by atoms with Crippen molar-refractivity contribution in [3.05, 3.63) is 17.5 Å². The minimum atomic E-state index is -0.923. The number of hydrogen-bond acceptors (Lipinski definition) is 4. The average Bonchev–Trinajstić information content (AvgIpc) is 2.59. The van der Waals surface area contributed by atoms with Gasteiger partial charge in [0.15, 0.2) is 0 Å². The lowest BCUT2D eigenvalue weighted by Crippen LogP contribution is -2.34. The minimum Gasteiger partial charge on any atom is -0.481 e. The number of carbonyl (C=O) groups excluding carboxylic acids is 1. The summed E-state index contributed by atoms with van der Waals surface area (Å²) in [5.41, 5.74) is 1.67. The Bertz CT molecular complexity index is 400. The van der Waals surface area contributed by atoms with Gasteiger partial charge in [-0.05, 0) is 20.3 Å². The maximum Gasteiger partial charge on any atom is 0.305 e. The van der Waals surface area contributed by atoms with E-state index in [9.17, 15) is 9.59 Å². The Balaban J connectivity index is 2.30. The zero-order valence-electron chi connectivity index (χ0n) is 9.90. The summed E-state index contributed by atoms with van der Waals surface area (Å²) >= 11 is 0. The van der Waals surface area contributed by atoms with Gasteiger partial charge in [-0.15, -0.1) is 0 Å². The van der Waals surface area contributed by atoms with Crippen LogP contribution in [0.3, 0.4) is 0 Å². The van der Waals surface area contributed by atoms with Crippen molar-refractivity contribution in [2.75, 3.05) is 0 Å². The van der Waals surface area contributed by atoms with Crippen LogP contribution in [0.5, 0.6) is 0 Å². The smallest absolute Gasteiger partial charge is 0.305 e. The van der Waals surface area contributed by atoms with E-state index in [1.165, 1.54) is 6.26 Å². The third kappa shape index (κ3) is 4.67. The Morgan fingerprint density at radius 2 is 2.29 bits per heavy atom. The molecule has 0 aromatic carbocycles. The van der Waals surface area contributed by atoms with Crippen molar-refractivity contribution in [3.8, 4) is 0 Å². The highest BCUT2D eigenvalue weighted by molar-refractivity contribution is 5.77. The lowest BCUT2D eigenvalue weighted by molar-refractivity contribution is -0.137. The van der Waals surface area contributed by atoms with Gasteiger partial charge in [-0.3, -0.25) is 9.59 Å². The highest BCUT2D eigenvalue weighted by Gasteiger charge is 2.12. The molecule has 94 valence electrons.